The number of rotatable bonds is 12. The molecule has 0 aliphatic rings. The summed E-state index contributed by atoms with van der Waals surface area (Å²) in [6, 6.07) is 1.96. The molecule has 2 heterocycles. The van der Waals surface area contributed by atoms with E-state index in [4.69, 9.17) is 5.73 Å². The first kappa shape index (κ1) is 18.0. The van der Waals surface area contributed by atoms with E-state index in [1.54, 1.807) is 0 Å². The third-order valence-corrected chi connectivity index (χ3v) is 4.53. The molecule has 0 saturated heterocycles. The van der Waals surface area contributed by atoms with Crippen molar-refractivity contribution in [2.24, 2.45) is 5.73 Å². The van der Waals surface area contributed by atoms with Gasteiger partial charge in [0.1, 0.15) is 0 Å². The van der Waals surface area contributed by atoms with Crippen molar-refractivity contribution in [1.29, 1.82) is 0 Å². The molecule has 2 aromatic rings. The quantitative estimate of drug-likeness (QED) is 0.558. The first-order valence-corrected chi connectivity index (χ1v) is 9.38. The highest BCUT2D eigenvalue weighted by Gasteiger charge is 2.14. The average molecular weight is 319 g/mol. The molecule has 5 heteroatoms. The molecule has 23 heavy (non-hydrogen) atoms. The number of aryl methyl sites for hydroxylation is 1. The Morgan fingerprint density at radius 2 is 1.65 bits per heavy atom. The highest BCUT2D eigenvalue weighted by molar-refractivity contribution is 5.38. The van der Waals surface area contributed by atoms with Crippen molar-refractivity contribution in [2.45, 2.75) is 90.5 Å². The number of fused-ring (bicyclic) bond motifs is 1. The molecule has 3 N–H and O–H groups in total. The maximum absolute atomic E-state index is 6.28. The van der Waals surface area contributed by atoms with Crippen LogP contribution in [-0.2, 0) is 0 Å². The Hall–Kier alpha value is -1.36. The van der Waals surface area contributed by atoms with Crippen LogP contribution in [0.15, 0.2) is 6.07 Å². The smallest absolute Gasteiger partial charge is 0.169 e. The summed E-state index contributed by atoms with van der Waals surface area (Å²) in [5, 5.41) is 11.7. The average Bonchev–Trinajstić information content (AvgIpc) is 3.07. The van der Waals surface area contributed by atoms with Crippen molar-refractivity contribution < 1.29 is 0 Å². The molecule has 0 saturated carbocycles. The minimum Gasteiger partial charge on any atom is -0.321 e. The van der Waals surface area contributed by atoms with Gasteiger partial charge in [0, 0.05) is 6.07 Å². The minimum absolute atomic E-state index is 0.0305. The van der Waals surface area contributed by atoms with Gasteiger partial charge in [-0.05, 0) is 13.3 Å². The van der Waals surface area contributed by atoms with Crippen LogP contribution in [0, 0.1) is 6.92 Å². The maximum Gasteiger partial charge on any atom is 0.169 e. The van der Waals surface area contributed by atoms with Crippen molar-refractivity contribution in [2.75, 3.05) is 0 Å². The van der Waals surface area contributed by atoms with E-state index in [0.717, 1.165) is 23.6 Å². The molecule has 0 spiro atoms. The van der Waals surface area contributed by atoms with Crippen molar-refractivity contribution in [1.82, 2.24) is 19.8 Å². The molecule has 2 aromatic heterocycles. The molecule has 0 aliphatic heterocycles. The van der Waals surface area contributed by atoms with Crippen LogP contribution >= 0.6 is 0 Å². The molecule has 0 fully saturated rings. The molecule has 0 bridgehead atoms. The van der Waals surface area contributed by atoms with Gasteiger partial charge in [-0.1, -0.05) is 71.1 Å². The lowest BCUT2D eigenvalue weighted by atomic mass is 10.0. The third-order valence-electron chi connectivity index (χ3n) is 4.53. The molecule has 2 rings (SSSR count). The van der Waals surface area contributed by atoms with Crippen LogP contribution in [0.25, 0.3) is 5.65 Å². The Morgan fingerprint density at radius 3 is 2.30 bits per heavy atom. The Labute approximate surface area is 140 Å². The highest BCUT2D eigenvalue weighted by atomic mass is 15.4. The highest BCUT2D eigenvalue weighted by Crippen LogP contribution is 2.18. The second kappa shape index (κ2) is 9.71. The molecule has 130 valence electrons. The number of aromatic amines is 1. The van der Waals surface area contributed by atoms with E-state index in [-0.39, 0.29) is 6.04 Å². The van der Waals surface area contributed by atoms with Gasteiger partial charge in [0.15, 0.2) is 11.5 Å². The van der Waals surface area contributed by atoms with Crippen LogP contribution in [0.3, 0.4) is 0 Å². The molecule has 5 nitrogen and oxygen atoms in total. The fourth-order valence-corrected chi connectivity index (χ4v) is 3.14. The maximum atomic E-state index is 6.28. The number of nitrogens with zero attached hydrogens (tertiary/aromatic N) is 3. The van der Waals surface area contributed by atoms with Crippen molar-refractivity contribution in [3.8, 4) is 0 Å². The van der Waals surface area contributed by atoms with Crippen molar-refractivity contribution in [3.63, 3.8) is 0 Å². The molecule has 0 radical (unpaired) electrons. The van der Waals surface area contributed by atoms with Gasteiger partial charge in [-0.25, -0.2) is 0 Å². The number of H-pyrrole nitrogens is 1. The van der Waals surface area contributed by atoms with Gasteiger partial charge in [0.05, 0.1) is 11.7 Å². The monoisotopic (exact) mass is 319 g/mol. The largest absolute Gasteiger partial charge is 0.321 e. The minimum atomic E-state index is -0.0305. The second-order valence-electron chi connectivity index (χ2n) is 6.74. The Kier molecular flexibility index (Phi) is 7.59. The van der Waals surface area contributed by atoms with E-state index in [9.17, 15) is 0 Å². The number of aromatic nitrogens is 4. The molecule has 0 aromatic carbocycles. The SMILES string of the molecule is CCCCCCCCCCCCC(N)c1n[nH]c2cc(C)nn12. The Morgan fingerprint density at radius 1 is 1.04 bits per heavy atom. The molecular weight excluding hydrogens is 286 g/mol. The number of unbranched alkanes of at least 4 members (excludes halogenated alkanes) is 9. The normalized spacial score (nSPS) is 13.0. The summed E-state index contributed by atoms with van der Waals surface area (Å²) in [5.74, 6) is 0.851. The van der Waals surface area contributed by atoms with Crippen LogP contribution in [0.5, 0.6) is 0 Å². The summed E-state index contributed by atoms with van der Waals surface area (Å²) in [6.45, 7) is 4.25. The van der Waals surface area contributed by atoms with E-state index in [2.05, 4.69) is 22.2 Å². The zero-order valence-corrected chi connectivity index (χ0v) is 14.9. The summed E-state index contributed by atoms with van der Waals surface area (Å²) < 4.78 is 1.84. The molecular formula is C18H33N5. The lowest BCUT2D eigenvalue weighted by Gasteiger charge is -2.08. The lowest BCUT2D eigenvalue weighted by Crippen LogP contribution is -2.14. The Balaban J connectivity index is 1.56. The van der Waals surface area contributed by atoms with Crippen molar-refractivity contribution >= 4 is 5.65 Å². The van der Waals surface area contributed by atoms with Gasteiger partial charge in [0.2, 0.25) is 0 Å². The standard InChI is InChI=1S/C18H33N5/c1-3-4-5-6-7-8-9-10-11-12-13-16(19)18-21-20-17-14-15(2)22-23(17)18/h14,16,20H,3-13,19H2,1-2H3. The topological polar surface area (TPSA) is 72.0 Å². The van der Waals surface area contributed by atoms with Crippen molar-refractivity contribution in [3.05, 3.63) is 17.6 Å². The van der Waals surface area contributed by atoms with Crippen LogP contribution in [-0.4, -0.2) is 19.8 Å². The van der Waals surface area contributed by atoms with Gasteiger partial charge in [0.25, 0.3) is 0 Å². The predicted octanol–water partition coefficient (Wildman–Crippen LogP) is 4.68. The van der Waals surface area contributed by atoms with Gasteiger partial charge >= 0.3 is 0 Å². The molecule has 1 unspecified atom stereocenters. The fraction of sp³-hybridized carbons (Fsp3) is 0.778. The van der Waals surface area contributed by atoms with Crippen LogP contribution in [0.1, 0.15) is 95.1 Å². The van der Waals surface area contributed by atoms with Gasteiger partial charge in [-0.15, -0.1) is 0 Å². The molecule has 1 atom stereocenters. The number of hydrogen-bond donors (Lipinski definition) is 2. The molecule has 0 amide bonds. The van der Waals surface area contributed by atoms with Gasteiger partial charge in [-0.3, -0.25) is 5.10 Å². The Bertz CT molecular complexity index is 557. The summed E-state index contributed by atoms with van der Waals surface area (Å²) in [7, 11) is 0. The van der Waals surface area contributed by atoms with E-state index in [0.29, 0.717) is 0 Å². The predicted molar refractivity (Wildman–Crippen MR) is 95.5 cm³/mol. The first-order chi connectivity index (χ1) is 11.2. The zero-order chi connectivity index (χ0) is 16.5. The van der Waals surface area contributed by atoms with Crippen LogP contribution < -0.4 is 5.73 Å². The fourth-order valence-electron chi connectivity index (χ4n) is 3.14. The number of nitrogens with two attached hydrogens (primary N) is 1. The van der Waals surface area contributed by atoms with E-state index in [1.165, 1.54) is 64.2 Å². The zero-order valence-electron chi connectivity index (χ0n) is 14.9. The third kappa shape index (κ3) is 5.65. The summed E-state index contributed by atoms with van der Waals surface area (Å²) in [4.78, 5) is 0. The van der Waals surface area contributed by atoms with E-state index >= 15 is 0 Å². The summed E-state index contributed by atoms with van der Waals surface area (Å²) in [5.41, 5.74) is 8.20. The van der Waals surface area contributed by atoms with Gasteiger partial charge in [-0.2, -0.15) is 14.7 Å². The number of hydrogen-bond acceptors (Lipinski definition) is 3. The lowest BCUT2D eigenvalue weighted by molar-refractivity contribution is 0.515. The van der Waals surface area contributed by atoms with Gasteiger partial charge < -0.3 is 5.73 Å². The van der Waals surface area contributed by atoms with E-state index in [1.807, 2.05) is 17.5 Å². The van der Waals surface area contributed by atoms with E-state index < -0.39 is 0 Å². The second-order valence-corrected chi connectivity index (χ2v) is 6.74. The summed E-state index contributed by atoms with van der Waals surface area (Å²) >= 11 is 0. The molecule has 0 aliphatic carbocycles. The number of nitrogens with one attached hydrogen (secondary N) is 1. The first-order valence-electron chi connectivity index (χ1n) is 9.38. The van der Waals surface area contributed by atoms with Crippen LogP contribution in [0.4, 0.5) is 0 Å². The summed E-state index contributed by atoms with van der Waals surface area (Å²) in [6.07, 6.45) is 14.5. The van der Waals surface area contributed by atoms with Crippen LogP contribution in [0.2, 0.25) is 0 Å².